The summed E-state index contributed by atoms with van der Waals surface area (Å²) in [6.45, 7) is 4.51. The highest BCUT2D eigenvalue weighted by Crippen LogP contribution is 2.67. The van der Waals surface area contributed by atoms with Crippen LogP contribution in [0.5, 0.6) is 0 Å². The molecule has 0 aromatic rings. The molecule has 0 bridgehead atoms. The van der Waals surface area contributed by atoms with Gasteiger partial charge in [0.2, 0.25) is 0 Å². The molecule has 4 aliphatic carbocycles. The van der Waals surface area contributed by atoms with Crippen LogP contribution in [0.3, 0.4) is 0 Å². The zero-order chi connectivity index (χ0) is 18.7. The normalized spacial score (nSPS) is 49.8. The van der Waals surface area contributed by atoms with Crippen molar-refractivity contribution in [2.24, 2.45) is 28.6 Å². The number of aliphatic hydroxyl groups is 2. The van der Waals surface area contributed by atoms with Gasteiger partial charge < -0.3 is 15.3 Å². The van der Waals surface area contributed by atoms with Gasteiger partial charge in [-0.1, -0.05) is 31.4 Å². The lowest BCUT2D eigenvalue weighted by atomic mass is 9.47. The molecule has 4 aliphatic rings. The molecule has 0 spiro atoms. The minimum atomic E-state index is -1.19. The average molecular weight is 358 g/mol. The smallest absolute Gasteiger partial charge is 0.382 e. The van der Waals surface area contributed by atoms with Crippen LogP contribution < -0.4 is 0 Å². The van der Waals surface area contributed by atoms with Crippen molar-refractivity contribution < 1.29 is 20.1 Å². The zero-order valence-corrected chi connectivity index (χ0v) is 15.8. The fraction of sp³-hybridized carbons (Fsp3) is 0.773. The number of aliphatic hydroxyl groups excluding tert-OH is 1. The molecule has 0 aliphatic heterocycles. The van der Waals surface area contributed by atoms with E-state index in [-0.39, 0.29) is 16.9 Å². The highest BCUT2D eigenvalue weighted by molar-refractivity contribution is 5.86. The predicted molar refractivity (Wildman–Crippen MR) is 98.1 cm³/mol. The van der Waals surface area contributed by atoms with Gasteiger partial charge in [0.15, 0.2) is 0 Å². The van der Waals surface area contributed by atoms with E-state index in [1.807, 2.05) is 0 Å². The van der Waals surface area contributed by atoms with E-state index in [0.717, 1.165) is 44.9 Å². The summed E-state index contributed by atoms with van der Waals surface area (Å²) in [6, 6.07) is 0. The average Bonchev–Trinajstić information content (AvgIpc) is 2.86. The molecule has 3 N–H and O–H groups in total. The number of fused-ring (bicyclic) bond motifs is 5. The van der Waals surface area contributed by atoms with Crippen LogP contribution in [0.15, 0.2) is 11.6 Å². The monoisotopic (exact) mass is 358 g/mol. The van der Waals surface area contributed by atoms with E-state index in [4.69, 9.17) is 5.11 Å². The lowest BCUT2D eigenvalue weighted by Gasteiger charge is -2.58. The Morgan fingerprint density at radius 2 is 1.88 bits per heavy atom. The van der Waals surface area contributed by atoms with Gasteiger partial charge in [-0.2, -0.15) is 0 Å². The van der Waals surface area contributed by atoms with Crippen molar-refractivity contribution in [3.8, 4) is 11.8 Å². The third kappa shape index (κ3) is 2.40. The van der Waals surface area contributed by atoms with E-state index in [1.165, 1.54) is 5.57 Å². The number of carboxylic acid groups (broad SMARTS) is 1. The Labute approximate surface area is 155 Å². The SMILES string of the molecule is C[C@]12CC[C@H](O)CC1=CC[C@H]1[C@H]2CC[C@@]2(C)[C@H]1CC[C@@]2(O)C#CC(=O)O. The summed E-state index contributed by atoms with van der Waals surface area (Å²) >= 11 is 0. The van der Waals surface area contributed by atoms with Crippen LogP contribution in [-0.4, -0.2) is 33.0 Å². The zero-order valence-electron chi connectivity index (χ0n) is 15.8. The molecule has 0 unspecified atom stereocenters. The van der Waals surface area contributed by atoms with Crippen molar-refractivity contribution in [2.45, 2.75) is 76.9 Å². The van der Waals surface area contributed by atoms with Gasteiger partial charge in [-0.3, -0.25) is 0 Å². The van der Waals surface area contributed by atoms with Crippen molar-refractivity contribution in [3.63, 3.8) is 0 Å². The molecule has 7 atom stereocenters. The van der Waals surface area contributed by atoms with Gasteiger partial charge >= 0.3 is 5.97 Å². The fourth-order valence-electron chi connectivity index (χ4n) is 7.02. The number of aliphatic carboxylic acids is 1. The third-order valence-corrected chi connectivity index (χ3v) is 8.61. The molecule has 4 rings (SSSR count). The molecule has 0 heterocycles. The maximum absolute atomic E-state index is 11.2. The summed E-state index contributed by atoms with van der Waals surface area (Å²) in [6.07, 6.45) is 9.39. The molecular weight excluding hydrogens is 328 g/mol. The molecule has 26 heavy (non-hydrogen) atoms. The largest absolute Gasteiger partial charge is 0.472 e. The Hall–Kier alpha value is -1.31. The fourth-order valence-corrected chi connectivity index (χ4v) is 7.02. The number of hydrogen-bond donors (Lipinski definition) is 3. The third-order valence-electron chi connectivity index (χ3n) is 8.61. The van der Waals surface area contributed by atoms with E-state index < -0.39 is 11.6 Å². The van der Waals surface area contributed by atoms with Crippen molar-refractivity contribution in [1.82, 2.24) is 0 Å². The quantitative estimate of drug-likeness (QED) is 0.459. The Bertz CT molecular complexity index is 715. The number of hydrogen-bond acceptors (Lipinski definition) is 3. The number of carboxylic acids is 1. The van der Waals surface area contributed by atoms with Gasteiger partial charge in [0.25, 0.3) is 0 Å². The first-order valence-corrected chi connectivity index (χ1v) is 10.1. The molecule has 0 aromatic heterocycles. The molecule has 0 amide bonds. The summed E-state index contributed by atoms with van der Waals surface area (Å²) in [5.41, 5.74) is 0.109. The van der Waals surface area contributed by atoms with Gasteiger partial charge in [-0.25, -0.2) is 4.79 Å². The first-order valence-electron chi connectivity index (χ1n) is 10.1. The molecule has 142 valence electrons. The summed E-state index contributed by atoms with van der Waals surface area (Å²) in [5, 5.41) is 30.2. The van der Waals surface area contributed by atoms with E-state index >= 15 is 0 Å². The van der Waals surface area contributed by atoms with Gasteiger partial charge in [0, 0.05) is 11.3 Å². The number of allylic oxidation sites excluding steroid dienone is 1. The Morgan fingerprint density at radius 3 is 2.62 bits per heavy atom. The molecular formula is C22H30O4. The van der Waals surface area contributed by atoms with Crippen LogP contribution in [0.4, 0.5) is 0 Å². The first kappa shape index (κ1) is 18.1. The molecule has 0 saturated heterocycles. The van der Waals surface area contributed by atoms with Crippen LogP contribution in [0, 0.1) is 40.4 Å². The predicted octanol–water partition coefficient (Wildman–Crippen LogP) is 3.13. The van der Waals surface area contributed by atoms with Crippen LogP contribution in [0.25, 0.3) is 0 Å². The Morgan fingerprint density at radius 1 is 1.15 bits per heavy atom. The van der Waals surface area contributed by atoms with Gasteiger partial charge in [0.1, 0.15) is 5.60 Å². The maximum Gasteiger partial charge on any atom is 0.382 e. The molecule has 3 fully saturated rings. The summed E-state index contributed by atoms with van der Waals surface area (Å²) < 4.78 is 0. The van der Waals surface area contributed by atoms with Crippen LogP contribution in [0.2, 0.25) is 0 Å². The van der Waals surface area contributed by atoms with Crippen molar-refractivity contribution in [1.29, 1.82) is 0 Å². The second-order valence-electron chi connectivity index (χ2n) is 9.57. The lowest BCUT2D eigenvalue weighted by molar-refractivity contribution is -0.130. The van der Waals surface area contributed by atoms with Crippen LogP contribution >= 0.6 is 0 Å². The second-order valence-corrected chi connectivity index (χ2v) is 9.57. The number of carbonyl (C=O) groups is 1. The van der Waals surface area contributed by atoms with Gasteiger partial charge in [-0.05, 0) is 74.5 Å². The van der Waals surface area contributed by atoms with Gasteiger partial charge in [0.05, 0.1) is 6.10 Å². The summed E-state index contributed by atoms with van der Waals surface area (Å²) in [7, 11) is 0. The maximum atomic E-state index is 11.2. The standard InChI is InChI=1S/C22H30O4/c1-20-9-5-15(23)13-14(20)3-4-16-17(20)6-10-21(2)18(16)7-11-22(21,26)12-8-19(24)25/h3,15-18,23,26H,4-7,9-11,13H2,1-2H3,(H,24,25)/t15-,16-,17+,18-,20-,21-,22+/m0/s1. The molecule has 4 nitrogen and oxygen atoms in total. The lowest BCUT2D eigenvalue weighted by Crippen LogP contribution is -2.54. The molecule has 4 heteroatoms. The van der Waals surface area contributed by atoms with Crippen molar-refractivity contribution in [3.05, 3.63) is 11.6 Å². The minimum Gasteiger partial charge on any atom is -0.472 e. The highest BCUT2D eigenvalue weighted by atomic mass is 16.4. The van der Waals surface area contributed by atoms with Crippen LogP contribution in [-0.2, 0) is 4.79 Å². The van der Waals surface area contributed by atoms with Crippen molar-refractivity contribution in [2.75, 3.05) is 0 Å². The molecule has 3 saturated carbocycles. The van der Waals surface area contributed by atoms with E-state index in [2.05, 4.69) is 31.8 Å². The van der Waals surface area contributed by atoms with E-state index in [1.54, 1.807) is 0 Å². The van der Waals surface area contributed by atoms with Crippen LogP contribution in [0.1, 0.15) is 65.2 Å². The second kappa shape index (κ2) is 5.84. The number of rotatable bonds is 0. The topological polar surface area (TPSA) is 77.8 Å². The molecule has 0 radical (unpaired) electrons. The minimum absolute atomic E-state index is 0.178. The Balaban J connectivity index is 1.66. The van der Waals surface area contributed by atoms with E-state index in [0.29, 0.717) is 24.2 Å². The Kier molecular flexibility index (Phi) is 4.06. The summed E-state index contributed by atoms with van der Waals surface area (Å²) in [4.78, 5) is 10.9. The van der Waals surface area contributed by atoms with Crippen molar-refractivity contribution >= 4 is 5.97 Å². The van der Waals surface area contributed by atoms with E-state index in [9.17, 15) is 15.0 Å². The highest BCUT2D eigenvalue weighted by Gasteiger charge is 2.63. The first-order chi connectivity index (χ1) is 12.2. The molecule has 0 aromatic carbocycles. The summed E-state index contributed by atoms with van der Waals surface area (Å²) in [5.74, 6) is 5.26. The van der Waals surface area contributed by atoms with Gasteiger partial charge in [-0.15, -0.1) is 0 Å².